The molecule has 2 heteroatoms. The van der Waals surface area contributed by atoms with Crippen LogP contribution < -0.4 is 0 Å². The van der Waals surface area contributed by atoms with Gasteiger partial charge in [0.05, 0.1) is 12.1 Å². The molecule has 0 aromatic heterocycles. The zero-order chi connectivity index (χ0) is 17.8. The van der Waals surface area contributed by atoms with Gasteiger partial charge < -0.3 is 0 Å². The van der Waals surface area contributed by atoms with Gasteiger partial charge in [0.25, 0.3) is 0 Å². The standard InChI is InChI=1S/C23H18N2/c24-19-23(20-25,17-9-7-15-21-11-3-1-4-12-21)18-10-8-16-22-13-5-2-6-14-22/h1-6,11-14H,9-10,17-18H2. The molecule has 0 fully saturated rings. The van der Waals surface area contributed by atoms with E-state index in [4.69, 9.17) is 0 Å². The van der Waals surface area contributed by atoms with Crippen molar-refractivity contribution < 1.29 is 0 Å². The van der Waals surface area contributed by atoms with Crippen LogP contribution in [0.5, 0.6) is 0 Å². The van der Waals surface area contributed by atoms with Gasteiger partial charge in [0, 0.05) is 24.0 Å². The third kappa shape index (κ3) is 5.92. The molecule has 2 aromatic carbocycles. The van der Waals surface area contributed by atoms with Crippen molar-refractivity contribution in [2.24, 2.45) is 5.41 Å². The number of nitrogens with zero attached hydrogens (tertiary/aromatic N) is 2. The van der Waals surface area contributed by atoms with Gasteiger partial charge in [-0.15, -0.1) is 0 Å². The zero-order valence-electron chi connectivity index (χ0n) is 14.0. The summed E-state index contributed by atoms with van der Waals surface area (Å²) in [4.78, 5) is 0. The molecule has 2 rings (SSSR count). The molecule has 0 spiro atoms. The van der Waals surface area contributed by atoms with Crippen LogP contribution in [0.2, 0.25) is 0 Å². The number of nitriles is 2. The lowest BCUT2D eigenvalue weighted by atomic mass is 9.82. The summed E-state index contributed by atoms with van der Waals surface area (Å²) in [6.45, 7) is 0. The van der Waals surface area contributed by atoms with E-state index in [1.165, 1.54) is 0 Å². The van der Waals surface area contributed by atoms with Gasteiger partial charge in [0.1, 0.15) is 5.41 Å². The quantitative estimate of drug-likeness (QED) is 0.767. The van der Waals surface area contributed by atoms with Crippen molar-refractivity contribution in [3.05, 3.63) is 71.8 Å². The largest absolute Gasteiger partial charge is 0.197 e. The molecule has 2 nitrogen and oxygen atoms in total. The van der Waals surface area contributed by atoms with Crippen LogP contribution >= 0.6 is 0 Å². The molecule has 0 saturated heterocycles. The molecule has 120 valence electrons. The lowest BCUT2D eigenvalue weighted by Crippen LogP contribution is -2.15. The molecule has 0 aliphatic heterocycles. The molecule has 0 saturated carbocycles. The molecule has 0 atom stereocenters. The van der Waals surface area contributed by atoms with Crippen LogP contribution in [0, 0.1) is 51.8 Å². The Balaban J connectivity index is 1.90. The third-order valence-electron chi connectivity index (χ3n) is 3.79. The molecule has 0 amide bonds. The van der Waals surface area contributed by atoms with Gasteiger partial charge in [0.2, 0.25) is 0 Å². The Kier molecular flexibility index (Phi) is 6.89. The summed E-state index contributed by atoms with van der Waals surface area (Å²) in [5, 5.41) is 18.9. The highest BCUT2D eigenvalue weighted by Crippen LogP contribution is 2.27. The maximum absolute atomic E-state index is 9.44. The van der Waals surface area contributed by atoms with E-state index in [2.05, 4.69) is 35.8 Å². The van der Waals surface area contributed by atoms with Crippen LogP contribution in [0.15, 0.2) is 60.7 Å². The van der Waals surface area contributed by atoms with E-state index >= 15 is 0 Å². The Morgan fingerprint density at radius 3 is 1.40 bits per heavy atom. The first kappa shape index (κ1) is 17.9. The Labute approximate surface area is 149 Å². The highest BCUT2D eigenvalue weighted by molar-refractivity contribution is 5.34. The minimum atomic E-state index is -1.02. The van der Waals surface area contributed by atoms with Gasteiger partial charge in [-0.1, -0.05) is 60.1 Å². The highest BCUT2D eigenvalue weighted by atomic mass is 14.4. The second-order valence-electron chi connectivity index (χ2n) is 5.64. The first-order valence-corrected chi connectivity index (χ1v) is 8.18. The average molecular weight is 322 g/mol. The number of hydrogen-bond acceptors (Lipinski definition) is 2. The topological polar surface area (TPSA) is 47.6 Å². The predicted octanol–water partition coefficient (Wildman–Crippen LogP) is 4.68. The molecule has 0 heterocycles. The van der Waals surface area contributed by atoms with E-state index in [1.807, 2.05) is 60.7 Å². The molecule has 0 unspecified atom stereocenters. The monoisotopic (exact) mass is 322 g/mol. The van der Waals surface area contributed by atoms with E-state index in [0.29, 0.717) is 25.7 Å². The minimum Gasteiger partial charge on any atom is -0.197 e. The first-order valence-electron chi connectivity index (χ1n) is 8.18. The fourth-order valence-corrected chi connectivity index (χ4v) is 2.30. The maximum atomic E-state index is 9.44. The fourth-order valence-electron chi connectivity index (χ4n) is 2.30. The second-order valence-corrected chi connectivity index (χ2v) is 5.64. The summed E-state index contributed by atoms with van der Waals surface area (Å²) in [5.41, 5.74) is 0.864. The van der Waals surface area contributed by atoms with Crippen molar-refractivity contribution in [2.45, 2.75) is 25.7 Å². The van der Waals surface area contributed by atoms with E-state index in [9.17, 15) is 10.5 Å². The Morgan fingerprint density at radius 1 is 0.640 bits per heavy atom. The molecule has 0 aliphatic carbocycles. The van der Waals surface area contributed by atoms with Gasteiger partial charge in [0.15, 0.2) is 0 Å². The molecule has 0 bridgehead atoms. The van der Waals surface area contributed by atoms with Crippen molar-refractivity contribution in [3.63, 3.8) is 0 Å². The van der Waals surface area contributed by atoms with Crippen molar-refractivity contribution in [1.29, 1.82) is 10.5 Å². The zero-order valence-corrected chi connectivity index (χ0v) is 14.0. The Bertz CT molecular complexity index is 799. The average Bonchev–Trinajstić information content (AvgIpc) is 2.69. The molecule has 0 radical (unpaired) electrons. The number of rotatable bonds is 4. The Morgan fingerprint density at radius 2 is 1.04 bits per heavy atom. The van der Waals surface area contributed by atoms with Crippen LogP contribution in [-0.4, -0.2) is 0 Å². The van der Waals surface area contributed by atoms with Crippen molar-refractivity contribution in [2.75, 3.05) is 0 Å². The lowest BCUT2D eigenvalue weighted by Gasteiger charge is -2.15. The molecule has 2 aromatic rings. The van der Waals surface area contributed by atoms with Crippen LogP contribution in [0.3, 0.4) is 0 Å². The highest BCUT2D eigenvalue weighted by Gasteiger charge is 2.28. The van der Waals surface area contributed by atoms with Crippen molar-refractivity contribution >= 4 is 0 Å². The summed E-state index contributed by atoms with van der Waals surface area (Å²) in [7, 11) is 0. The predicted molar refractivity (Wildman–Crippen MR) is 98.8 cm³/mol. The van der Waals surface area contributed by atoms with Gasteiger partial charge in [-0.2, -0.15) is 10.5 Å². The van der Waals surface area contributed by atoms with Crippen LogP contribution in [0.25, 0.3) is 0 Å². The summed E-state index contributed by atoms with van der Waals surface area (Å²) >= 11 is 0. The van der Waals surface area contributed by atoms with Crippen LogP contribution in [-0.2, 0) is 0 Å². The van der Waals surface area contributed by atoms with Crippen LogP contribution in [0.4, 0.5) is 0 Å². The van der Waals surface area contributed by atoms with E-state index in [-0.39, 0.29) is 0 Å². The molecule has 0 aliphatic rings. The summed E-state index contributed by atoms with van der Waals surface area (Å²) in [5.74, 6) is 12.2. The summed E-state index contributed by atoms with van der Waals surface area (Å²) in [6, 6.07) is 23.7. The smallest absolute Gasteiger partial charge is 0.145 e. The molecule has 0 N–H and O–H groups in total. The summed E-state index contributed by atoms with van der Waals surface area (Å²) < 4.78 is 0. The fraction of sp³-hybridized carbons (Fsp3) is 0.217. The van der Waals surface area contributed by atoms with E-state index in [1.54, 1.807) is 0 Å². The van der Waals surface area contributed by atoms with E-state index in [0.717, 1.165) is 11.1 Å². The SMILES string of the molecule is N#CC(C#N)(CCC#Cc1ccccc1)CCC#Cc1ccccc1. The molecular formula is C23H18N2. The van der Waals surface area contributed by atoms with Gasteiger partial charge >= 0.3 is 0 Å². The van der Waals surface area contributed by atoms with Gasteiger partial charge in [-0.25, -0.2) is 0 Å². The molecule has 25 heavy (non-hydrogen) atoms. The number of benzene rings is 2. The van der Waals surface area contributed by atoms with Gasteiger partial charge in [-0.3, -0.25) is 0 Å². The third-order valence-corrected chi connectivity index (χ3v) is 3.79. The normalized spacial score (nSPS) is 9.52. The number of hydrogen-bond donors (Lipinski definition) is 0. The summed E-state index contributed by atoms with van der Waals surface area (Å²) in [6.07, 6.45) is 1.91. The van der Waals surface area contributed by atoms with Crippen molar-refractivity contribution in [3.8, 4) is 35.8 Å². The molecular weight excluding hydrogens is 304 g/mol. The second kappa shape index (κ2) is 9.63. The Hall–Kier alpha value is -3.46. The minimum absolute atomic E-state index is 0.437. The van der Waals surface area contributed by atoms with E-state index < -0.39 is 5.41 Å². The van der Waals surface area contributed by atoms with Gasteiger partial charge in [-0.05, 0) is 37.1 Å². The van der Waals surface area contributed by atoms with Crippen LogP contribution in [0.1, 0.15) is 36.8 Å². The first-order chi connectivity index (χ1) is 12.3. The lowest BCUT2D eigenvalue weighted by molar-refractivity contribution is 0.453. The van der Waals surface area contributed by atoms with Crippen molar-refractivity contribution in [1.82, 2.24) is 0 Å². The maximum Gasteiger partial charge on any atom is 0.145 e.